The summed E-state index contributed by atoms with van der Waals surface area (Å²) in [5.74, 6) is 0.571. The number of hydrogen-bond acceptors (Lipinski definition) is 3. The summed E-state index contributed by atoms with van der Waals surface area (Å²) < 4.78 is 27.2. The molecule has 118 valence electrons. The maximum atomic E-state index is 12.8. The van der Waals surface area contributed by atoms with Gasteiger partial charge in [-0.1, -0.05) is 19.9 Å². The zero-order chi connectivity index (χ0) is 15.6. The molecule has 1 fully saturated rings. The van der Waals surface area contributed by atoms with Crippen molar-refractivity contribution in [1.82, 2.24) is 4.31 Å². The van der Waals surface area contributed by atoms with Crippen molar-refractivity contribution in [2.24, 2.45) is 5.92 Å². The topological polar surface area (TPSA) is 57.6 Å². The second-order valence-corrected chi connectivity index (χ2v) is 7.93. The molecular weight excluding hydrogens is 286 g/mol. The van der Waals surface area contributed by atoms with Crippen molar-refractivity contribution in [3.63, 3.8) is 0 Å². The van der Waals surface area contributed by atoms with Crippen LogP contribution in [0.3, 0.4) is 0 Å². The molecule has 0 spiro atoms. The first kappa shape index (κ1) is 16.5. The maximum absolute atomic E-state index is 12.8. The van der Waals surface area contributed by atoms with E-state index in [0.29, 0.717) is 22.9 Å². The second kappa shape index (κ2) is 6.46. The zero-order valence-electron chi connectivity index (χ0n) is 13.0. The average Bonchev–Trinajstić information content (AvgIpc) is 2.46. The van der Waals surface area contributed by atoms with Crippen molar-refractivity contribution in [2.45, 2.75) is 57.6 Å². The van der Waals surface area contributed by atoms with E-state index in [1.54, 1.807) is 16.4 Å². The SMILES string of the molecule is CCc1ccc(S(=O)(=O)N2CCC(C)CC2C)cc1CO. The summed E-state index contributed by atoms with van der Waals surface area (Å²) in [5.41, 5.74) is 1.70. The molecule has 21 heavy (non-hydrogen) atoms. The molecule has 0 aliphatic carbocycles. The van der Waals surface area contributed by atoms with E-state index in [0.717, 1.165) is 24.8 Å². The monoisotopic (exact) mass is 311 g/mol. The van der Waals surface area contributed by atoms with Gasteiger partial charge in [0.15, 0.2) is 0 Å². The fraction of sp³-hybridized carbons (Fsp3) is 0.625. The standard InChI is InChI=1S/C16H25NO3S/c1-4-14-5-6-16(10-15(14)11-18)21(19,20)17-8-7-12(2)9-13(17)3/h5-6,10,12-13,18H,4,7-9,11H2,1-3H3. The lowest BCUT2D eigenvalue weighted by Crippen LogP contribution is -2.44. The van der Waals surface area contributed by atoms with Crippen LogP contribution in [-0.4, -0.2) is 30.4 Å². The number of piperidine rings is 1. The van der Waals surface area contributed by atoms with Gasteiger partial charge in [-0.15, -0.1) is 0 Å². The molecule has 1 aromatic rings. The Bertz CT molecular complexity index is 598. The molecule has 0 bridgehead atoms. The zero-order valence-corrected chi connectivity index (χ0v) is 13.9. The molecule has 0 radical (unpaired) electrons. The average molecular weight is 311 g/mol. The minimum absolute atomic E-state index is 0.0298. The molecule has 1 heterocycles. The van der Waals surface area contributed by atoms with Crippen LogP contribution in [0.15, 0.2) is 23.1 Å². The lowest BCUT2D eigenvalue weighted by Gasteiger charge is -2.35. The third kappa shape index (κ3) is 3.30. The third-order valence-corrected chi connectivity index (χ3v) is 6.42. The predicted octanol–water partition coefficient (Wildman–Crippen LogP) is 2.55. The van der Waals surface area contributed by atoms with E-state index in [9.17, 15) is 13.5 Å². The lowest BCUT2D eigenvalue weighted by molar-refractivity contribution is 0.220. The van der Waals surface area contributed by atoms with Gasteiger partial charge in [-0.3, -0.25) is 0 Å². The van der Waals surface area contributed by atoms with E-state index in [4.69, 9.17) is 0 Å². The van der Waals surface area contributed by atoms with Gasteiger partial charge in [0.05, 0.1) is 11.5 Å². The quantitative estimate of drug-likeness (QED) is 0.929. The van der Waals surface area contributed by atoms with Crippen molar-refractivity contribution in [1.29, 1.82) is 0 Å². The summed E-state index contributed by atoms with van der Waals surface area (Å²) in [6.45, 7) is 6.59. The minimum Gasteiger partial charge on any atom is -0.392 e. The molecule has 1 saturated heterocycles. The number of aliphatic hydroxyl groups is 1. The minimum atomic E-state index is -3.47. The Morgan fingerprint density at radius 3 is 2.57 bits per heavy atom. The Kier molecular flexibility index (Phi) is 5.07. The van der Waals surface area contributed by atoms with Gasteiger partial charge in [0.1, 0.15) is 0 Å². The highest BCUT2D eigenvalue weighted by molar-refractivity contribution is 7.89. The number of benzene rings is 1. The largest absolute Gasteiger partial charge is 0.392 e. The molecule has 4 nitrogen and oxygen atoms in total. The molecule has 5 heteroatoms. The molecule has 0 aromatic heterocycles. The maximum Gasteiger partial charge on any atom is 0.243 e. The molecular formula is C16H25NO3S. The van der Waals surface area contributed by atoms with Gasteiger partial charge in [-0.25, -0.2) is 8.42 Å². The Morgan fingerprint density at radius 2 is 2.00 bits per heavy atom. The van der Waals surface area contributed by atoms with Gasteiger partial charge in [0, 0.05) is 12.6 Å². The normalized spacial score (nSPS) is 24.2. The summed E-state index contributed by atoms with van der Waals surface area (Å²) in [7, 11) is -3.47. The van der Waals surface area contributed by atoms with Crippen molar-refractivity contribution in [3.05, 3.63) is 29.3 Å². The third-order valence-electron chi connectivity index (χ3n) is 4.41. The molecule has 2 rings (SSSR count). The van der Waals surface area contributed by atoms with Gasteiger partial charge >= 0.3 is 0 Å². The number of rotatable bonds is 4. The smallest absolute Gasteiger partial charge is 0.243 e. The number of nitrogens with zero attached hydrogens (tertiary/aromatic N) is 1. The summed E-state index contributed by atoms with van der Waals surface area (Å²) >= 11 is 0. The summed E-state index contributed by atoms with van der Waals surface area (Å²) in [6, 6.07) is 5.13. The van der Waals surface area contributed by atoms with Crippen molar-refractivity contribution >= 4 is 10.0 Å². The van der Waals surface area contributed by atoms with Crippen LogP contribution in [0.5, 0.6) is 0 Å². The van der Waals surface area contributed by atoms with Crippen LogP contribution < -0.4 is 0 Å². The first-order chi connectivity index (χ1) is 9.90. The van der Waals surface area contributed by atoms with E-state index >= 15 is 0 Å². The van der Waals surface area contributed by atoms with E-state index < -0.39 is 10.0 Å². The molecule has 1 aliphatic heterocycles. The molecule has 1 aromatic carbocycles. The van der Waals surface area contributed by atoms with Crippen LogP contribution in [0.25, 0.3) is 0 Å². The molecule has 2 atom stereocenters. The van der Waals surface area contributed by atoms with Crippen molar-refractivity contribution in [3.8, 4) is 0 Å². The Labute approximate surface area is 127 Å². The van der Waals surface area contributed by atoms with Gasteiger partial charge < -0.3 is 5.11 Å². The fourth-order valence-electron chi connectivity index (χ4n) is 3.13. The first-order valence-electron chi connectivity index (χ1n) is 7.64. The number of hydrogen-bond donors (Lipinski definition) is 1. The van der Waals surface area contributed by atoms with Crippen molar-refractivity contribution in [2.75, 3.05) is 6.54 Å². The second-order valence-electron chi connectivity index (χ2n) is 6.04. The number of aryl methyl sites for hydroxylation is 1. The highest BCUT2D eigenvalue weighted by atomic mass is 32.2. The van der Waals surface area contributed by atoms with Gasteiger partial charge in [0.2, 0.25) is 10.0 Å². The molecule has 0 amide bonds. The highest BCUT2D eigenvalue weighted by Crippen LogP contribution is 2.29. The fourth-order valence-corrected chi connectivity index (χ4v) is 4.84. The Morgan fingerprint density at radius 1 is 1.29 bits per heavy atom. The number of aliphatic hydroxyl groups excluding tert-OH is 1. The summed E-state index contributed by atoms with van der Waals surface area (Å²) in [4.78, 5) is 0.296. The van der Waals surface area contributed by atoms with Gasteiger partial charge in [0.25, 0.3) is 0 Å². The summed E-state index contributed by atoms with van der Waals surface area (Å²) in [5, 5.41) is 9.43. The highest BCUT2D eigenvalue weighted by Gasteiger charge is 2.33. The predicted molar refractivity (Wildman–Crippen MR) is 83.5 cm³/mol. The van der Waals surface area contributed by atoms with Crippen LogP contribution in [0.2, 0.25) is 0 Å². The molecule has 0 saturated carbocycles. The molecule has 1 N–H and O–H groups in total. The van der Waals surface area contributed by atoms with Crippen LogP contribution in [0.1, 0.15) is 44.7 Å². The van der Waals surface area contributed by atoms with Crippen LogP contribution in [-0.2, 0) is 23.1 Å². The van der Waals surface area contributed by atoms with E-state index in [1.807, 2.05) is 19.9 Å². The summed E-state index contributed by atoms with van der Waals surface area (Å²) in [6.07, 6.45) is 2.59. The Balaban J connectivity index is 2.35. The van der Waals surface area contributed by atoms with E-state index in [1.165, 1.54) is 0 Å². The number of sulfonamides is 1. The van der Waals surface area contributed by atoms with Crippen LogP contribution >= 0.6 is 0 Å². The van der Waals surface area contributed by atoms with Crippen LogP contribution in [0.4, 0.5) is 0 Å². The first-order valence-corrected chi connectivity index (χ1v) is 9.08. The molecule has 1 aliphatic rings. The van der Waals surface area contributed by atoms with Crippen LogP contribution in [0, 0.1) is 5.92 Å². The lowest BCUT2D eigenvalue weighted by atomic mass is 9.95. The van der Waals surface area contributed by atoms with E-state index in [-0.39, 0.29) is 12.6 Å². The van der Waals surface area contributed by atoms with Gasteiger partial charge in [-0.2, -0.15) is 4.31 Å². The Hall–Kier alpha value is -0.910. The van der Waals surface area contributed by atoms with Crippen molar-refractivity contribution < 1.29 is 13.5 Å². The van der Waals surface area contributed by atoms with Gasteiger partial charge in [-0.05, 0) is 55.4 Å². The molecule has 2 unspecified atom stereocenters. The van der Waals surface area contributed by atoms with E-state index in [2.05, 4.69) is 6.92 Å².